The second-order valence-electron chi connectivity index (χ2n) is 7.49. The van der Waals surface area contributed by atoms with Crippen molar-refractivity contribution in [1.29, 1.82) is 0 Å². The molecule has 0 aliphatic heterocycles. The fourth-order valence-corrected chi connectivity index (χ4v) is 3.87. The van der Waals surface area contributed by atoms with Crippen LogP contribution in [0, 0.1) is 0 Å². The number of rotatable bonds is 4. The lowest BCUT2D eigenvalue weighted by Gasteiger charge is -2.19. The van der Waals surface area contributed by atoms with Crippen LogP contribution >= 0.6 is 12.2 Å². The van der Waals surface area contributed by atoms with Crippen LogP contribution in [0.25, 0.3) is 10.8 Å². The lowest BCUT2D eigenvalue weighted by Crippen LogP contribution is -2.43. The Bertz CT molecular complexity index is 1100. The van der Waals surface area contributed by atoms with Crippen LogP contribution in [0.15, 0.2) is 71.6 Å². The van der Waals surface area contributed by atoms with Gasteiger partial charge in [-0.3, -0.25) is 5.43 Å². The summed E-state index contributed by atoms with van der Waals surface area (Å²) in [4.78, 5) is 2.49. The van der Waals surface area contributed by atoms with Gasteiger partial charge in [0.2, 0.25) is 0 Å². The van der Waals surface area contributed by atoms with E-state index in [1.807, 2.05) is 54.6 Å². The van der Waals surface area contributed by atoms with Crippen LogP contribution in [-0.2, 0) is 15.4 Å². The van der Waals surface area contributed by atoms with Crippen LogP contribution in [-0.4, -0.2) is 13.5 Å². The molecule has 5 nitrogen and oxygen atoms in total. The van der Waals surface area contributed by atoms with E-state index in [0.29, 0.717) is 0 Å². The molecule has 0 bridgehead atoms. The van der Waals surface area contributed by atoms with Crippen LogP contribution in [0.2, 0.25) is 0 Å². The zero-order chi connectivity index (χ0) is 20.4. The molecule has 3 aromatic rings. The average molecular weight is 414 g/mol. The lowest BCUT2D eigenvalue weighted by molar-refractivity contribution is 0.575. The fraction of sp³-hybridized carbons (Fsp3) is 0.190. The van der Waals surface area contributed by atoms with Gasteiger partial charge in [0.25, 0.3) is 10.0 Å². The molecule has 7 heteroatoms. The molecule has 3 rings (SSSR count). The molecule has 0 saturated carbocycles. The first kappa shape index (κ1) is 20.3. The molecule has 0 heterocycles. The summed E-state index contributed by atoms with van der Waals surface area (Å²) < 4.78 is 25.0. The number of nitrogens with one attached hydrogen (secondary N) is 3. The van der Waals surface area contributed by atoms with Crippen molar-refractivity contribution in [2.24, 2.45) is 0 Å². The maximum Gasteiger partial charge on any atom is 0.257 e. The van der Waals surface area contributed by atoms with E-state index in [1.54, 1.807) is 12.1 Å². The first-order valence-corrected chi connectivity index (χ1v) is 10.7. The predicted octanol–water partition coefficient (Wildman–Crippen LogP) is 4.32. The van der Waals surface area contributed by atoms with E-state index in [0.717, 1.165) is 22.0 Å². The van der Waals surface area contributed by atoms with E-state index in [9.17, 15) is 8.42 Å². The normalized spacial score (nSPS) is 12.0. The third-order valence-corrected chi connectivity index (χ3v) is 5.84. The van der Waals surface area contributed by atoms with Gasteiger partial charge in [0.15, 0.2) is 5.11 Å². The maximum atomic E-state index is 12.5. The zero-order valence-corrected chi connectivity index (χ0v) is 17.6. The zero-order valence-electron chi connectivity index (χ0n) is 16.0. The lowest BCUT2D eigenvalue weighted by atomic mass is 9.87. The molecular formula is C21H23N3O2S2. The van der Waals surface area contributed by atoms with Gasteiger partial charge in [0.1, 0.15) is 0 Å². The predicted molar refractivity (Wildman–Crippen MR) is 119 cm³/mol. The van der Waals surface area contributed by atoms with Crippen LogP contribution in [0.1, 0.15) is 26.3 Å². The van der Waals surface area contributed by atoms with Gasteiger partial charge in [-0.1, -0.05) is 69.3 Å². The minimum Gasteiger partial charge on any atom is -0.331 e. The molecule has 0 saturated heterocycles. The van der Waals surface area contributed by atoms with Gasteiger partial charge in [-0.2, -0.15) is 0 Å². The van der Waals surface area contributed by atoms with Crippen molar-refractivity contribution in [3.8, 4) is 0 Å². The molecule has 0 aliphatic carbocycles. The Labute approximate surface area is 171 Å². The molecule has 0 radical (unpaired) electrons. The van der Waals surface area contributed by atoms with E-state index in [1.165, 1.54) is 0 Å². The molecule has 0 fully saturated rings. The number of hydrazine groups is 1. The molecule has 0 amide bonds. The van der Waals surface area contributed by atoms with E-state index in [4.69, 9.17) is 12.2 Å². The van der Waals surface area contributed by atoms with E-state index >= 15 is 0 Å². The van der Waals surface area contributed by atoms with Crippen LogP contribution < -0.4 is 15.6 Å². The summed E-state index contributed by atoms with van der Waals surface area (Å²) in [6, 6.07) is 20.5. The van der Waals surface area contributed by atoms with Crippen molar-refractivity contribution in [2.75, 3.05) is 5.32 Å². The van der Waals surface area contributed by atoms with Crippen molar-refractivity contribution in [2.45, 2.75) is 31.1 Å². The highest BCUT2D eigenvalue weighted by atomic mass is 32.2. The summed E-state index contributed by atoms with van der Waals surface area (Å²) in [5, 5.41) is 5.25. The Balaban J connectivity index is 1.68. The van der Waals surface area contributed by atoms with E-state index < -0.39 is 10.0 Å². The second kappa shape index (κ2) is 7.87. The summed E-state index contributed by atoms with van der Waals surface area (Å²) >= 11 is 5.24. The second-order valence-corrected chi connectivity index (χ2v) is 9.58. The Morgan fingerprint density at radius 2 is 1.54 bits per heavy atom. The molecule has 0 aliphatic rings. The van der Waals surface area contributed by atoms with Gasteiger partial charge in [-0.25, -0.2) is 8.42 Å². The highest BCUT2D eigenvalue weighted by Crippen LogP contribution is 2.24. The molecule has 0 atom stereocenters. The van der Waals surface area contributed by atoms with E-state index in [-0.39, 0.29) is 15.4 Å². The highest BCUT2D eigenvalue weighted by molar-refractivity contribution is 7.89. The highest BCUT2D eigenvalue weighted by Gasteiger charge is 2.17. The first-order valence-electron chi connectivity index (χ1n) is 8.84. The van der Waals surface area contributed by atoms with Gasteiger partial charge in [0, 0.05) is 11.1 Å². The minimum atomic E-state index is -3.74. The minimum absolute atomic E-state index is 0.0437. The summed E-state index contributed by atoms with van der Waals surface area (Å²) in [6.07, 6.45) is 0. The van der Waals surface area contributed by atoms with Crippen LogP contribution in [0.5, 0.6) is 0 Å². The van der Waals surface area contributed by atoms with Gasteiger partial charge < -0.3 is 5.32 Å². The van der Waals surface area contributed by atoms with Gasteiger partial charge in [-0.05, 0) is 46.8 Å². The van der Waals surface area contributed by atoms with E-state index in [2.05, 4.69) is 36.3 Å². The van der Waals surface area contributed by atoms with Crippen molar-refractivity contribution < 1.29 is 8.42 Å². The average Bonchev–Trinajstić information content (AvgIpc) is 2.66. The maximum absolute atomic E-state index is 12.5. The van der Waals surface area contributed by atoms with Crippen LogP contribution in [0.4, 0.5) is 5.69 Å². The number of thiocarbonyl (C=S) groups is 1. The molecule has 0 unspecified atom stereocenters. The number of benzene rings is 3. The number of hydrogen-bond donors (Lipinski definition) is 3. The third kappa shape index (κ3) is 4.67. The van der Waals surface area contributed by atoms with Crippen molar-refractivity contribution in [1.82, 2.24) is 10.3 Å². The molecule has 28 heavy (non-hydrogen) atoms. The molecule has 3 aromatic carbocycles. The quantitative estimate of drug-likeness (QED) is 0.439. The molecular weight excluding hydrogens is 390 g/mol. The Morgan fingerprint density at radius 1 is 0.893 bits per heavy atom. The van der Waals surface area contributed by atoms with Crippen molar-refractivity contribution in [3.63, 3.8) is 0 Å². The smallest absolute Gasteiger partial charge is 0.257 e. The number of hydrogen-bond acceptors (Lipinski definition) is 3. The monoisotopic (exact) mass is 413 g/mol. The SMILES string of the molecule is CC(C)(C)c1ccc(S(=O)(=O)NNC(=S)Nc2cccc3ccccc23)cc1. The number of sulfonamides is 1. The van der Waals surface area contributed by atoms with Crippen molar-refractivity contribution >= 4 is 43.8 Å². The fourth-order valence-electron chi connectivity index (χ4n) is 2.79. The number of fused-ring (bicyclic) bond motifs is 1. The summed E-state index contributed by atoms with van der Waals surface area (Å²) in [5.74, 6) is 0. The first-order chi connectivity index (χ1) is 13.2. The molecule has 3 N–H and O–H groups in total. The Morgan fingerprint density at radius 3 is 2.21 bits per heavy atom. The van der Waals surface area contributed by atoms with Gasteiger partial charge in [0.05, 0.1) is 4.90 Å². The third-order valence-electron chi connectivity index (χ3n) is 4.37. The van der Waals surface area contributed by atoms with Gasteiger partial charge in [-0.15, -0.1) is 4.83 Å². The largest absolute Gasteiger partial charge is 0.331 e. The van der Waals surface area contributed by atoms with Gasteiger partial charge >= 0.3 is 0 Å². The standard InChI is InChI=1S/C21H23N3O2S2/c1-21(2,3)16-11-13-17(14-12-16)28(25,26)24-23-20(27)22-19-10-6-8-15-7-4-5-9-18(15)19/h4-14,24H,1-3H3,(H2,22,23,27). The summed E-state index contributed by atoms with van der Waals surface area (Å²) in [5.41, 5.74) is 4.38. The molecule has 0 aromatic heterocycles. The molecule has 0 spiro atoms. The Hall–Kier alpha value is -2.48. The summed E-state index contributed by atoms with van der Waals surface area (Å²) in [7, 11) is -3.74. The van der Waals surface area contributed by atoms with Crippen LogP contribution in [0.3, 0.4) is 0 Å². The summed E-state index contributed by atoms with van der Waals surface area (Å²) in [6.45, 7) is 6.23. The number of anilines is 1. The Kier molecular flexibility index (Phi) is 5.69. The molecule has 146 valence electrons. The topological polar surface area (TPSA) is 70.2 Å². The van der Waals surface area contributed by atoms with Crippen molar-refractivity contribution in [3.05, 3.63) is 72.3 Å².